The summed E-state index contributed by atoms with van der Waals surface area (Å²) in [4.78, 5) is 10.4. The smallest absolute Gasteiger partial charge is 0.160 e. The van der Waals surface area contributed by atoms with Crippen molar-refractivity contribution in [1.29, 1.82) is 0 Å². The van der Waals surface area contributed by atoms with Gasteiger partial charge in [-0.05, 0) is 52.6 Å². The second kappa shape index (κ2) is 12.5. The van der Waals surface area contributed by atoms with Gasteiger partial charge in [0.15, 0.2) is 5.82 Å². The summed E-state index contributed by atoms with van der Waals surface area (Å²) in [6, 6.07) is 69.2. The molecule has 2 heterocycles. The van der Waals surface area contributed by atoms with Gasteiger partial charge in [-0.1, -0.05) is 164 Å². The summed E-state index contributed by atoms with van der Waals surface area (Å²) in [7, 11) is 0. The van der Waals surface area contributed by atoms with Crippen molar-refractivity contribution in [2.75, 3.05) is 0 Å². The lowest BCUT2D eigenvalue weighted by molar-refractivity contribution is 0.984. The van der Waals surface area contributed by atoms with Crippen LogP contribution in [0.5, 0.6) is 0 Å². The lowest BCUT2D eigenvalue weighted by atomic mass is 9.81. The molecule has 0 amide bonds. The zero-order valence-electron chi connectivity index (χ0n) is 28.4. The molecule has 0 N–H and O–H groups in total. The van der Waals surface area contributed by atoms with Crippen molar-refractivity contribution in [3.05, 3.63) is 211 Å². The first-order chi connectivity index (χ1) is 25.8. The van der Waals surface area contributed by atoms with E-state index in [9.17, 15) is 0 Å². The molecular formula is C49H33N3. The Kier molecular flexibility index (Phi) is 7.21. The third-order valence-electron chi connectivity index (χ3n) is 10.3. The van der Waals surface area contributed by atoms with E-state index in [0.29, 0.717) is 5.82 Å². The lowest BCUT2D eigenvalue weighted by Gasteiger charge is -2.22. The molecule has 0 saturated heterocycles. The largest absolute Gasteiger partial charge is 0.309 e. The van der Waals surface area contributed by atoms with Crippen LogP contribution in [-0.4, -0.2) is 14.5 Å². The Labute approximate surface area is 303 Å². The summed E-state index contributed by atoms with van der Waals surface area (Å²) < 4.78 is 2.45. The van der Waals surface area contributed by atoms with Crippen molar-refractivity contribution >= 4 is 10.9 Å². The first-order valence-electron chi connectivity index (χ1n) is 17.8. The summed E-state index contributed by atoms with van der Waals surface area (Å²) >= 11 is 0. The Morgan fingerprint density at radius 2 is 0.962 bits per heavy atom. The summed E-state index contributed by atoms with van der Waals surface area (Å²) in [5.74, 6) is 0.690. The molecule has 1 aliphatic carbocycles. The number of rotatable bonds is 5. The van der Waals surface area contributed by atoms with Crippen molar-refractivity contribution in [2.45, 2.75) is 5.92 Å². The van der Waals surface area contributed by atoms with E-state index in [1.54, 1.807) is 0 Å². The average molecular weight is 664 g/mol. The van der Waals surface area contributed by atoms with Gasteiger partial charge >= 0.3 is 0 Å². The van der Waals surface area contributed by atoms with Crippen LogP contribution in [0.15, 0.2) is 194 Å². The van der Waals surface area contributed by atoms with Crippen molar-refractivity contribution < 1.29 is 0 Å². The third kappa shape index (κ3) is 4.98. The molecule has 3 heteroatoms. The number of para-hydroxylation sites is 2. The molecule has 1 atom stereocenters. The predicted molar refractivity (Wildman–Crippen MR) is 213 cm³/mol. The zero-order chi connectivity index (χ0) is 34.4. The minimum absolute atomic E-state index is 0.0198. The van der Waals surface area contributed by atoms with Gasteiger partial charge in [-0.15, -0.1) is 0 Å². The van der Waals surface area contributed by atoms with E-state index >= 15 is 0 Å². The summed E-state index contributed by atoms with van der Waals surface area (Å²) in [5, 5.41) is 1.25. The molecule has 2 aromatic heterocycles. The van der Waals surface area contributed by atoms with Crippen LogP contribution in [0.4, 0.5) is 0 Å². The third-order valence-corrected chi connectivity index (χ3v) is 10.3. The van der Waals surface area contributed by atoms with Gasteiger partial charge in [0.25, 0.3) is 0 Å². The Hall–Kier alpha value is -6.84. The molecule has 0 spiro atoms. The van der Waals surface area contributed by atoms with Crippen LogP contribution in [0, 0.1) is 0 Å². The molecule has 10 rings (SSSR count). The standard InChI is InChI=1S/C49H33N3/c1-4-17-33(18-5-1)43-32-44(34-19-6-2-7-20-34)51-49(50-43)36-22-16-21-35(31-36)46-38-25-10-11-26-39(38)47-42-29-14-15-30-45(42)52(37-23-8-3-9-24-37)48(47)41-28-13-12-27-40(41)46/h1-32,46H. The van der Waals surface area contributed by atoms with Crippen LogP contribution in [-0.2, 0) is 0 Å². The van der Waals surface area contributed by atoms with Gasteiger partial charge in [-0.2, -0.15) is 0 Å². The highest BCUT2D eigenvalue weighted by Gasteiger charge is 2.32. The number of hydrogen-bond donors (Lipinski definition) is 0. The lowest BCUT2D eigenvalue weighted by Crippen LogP contribution is -2.06. The second-order valence-electron chi connectivity index (χ2n) is 13.3. The van der Waals surface area contributed by atoms with Gasteiger partial charge in [-0.3, -0.25) is 0 Å². The summed E-state index contributed by atoms with van der Waals surface area (Å²) in [6.45, 7) is 0. The molecule has 7 aromatic carbocycles. The number of fused-ring (bicyclic) bond motifs is 7. The summed E-state index contributed by atoms with van der Waals surface area (Å²) in [6.07, 6.45) is 0. The van der Waals surface area contributed by atoms with E-state index in [1.807, 2.05) is 12.1 Å². The topological polar surface area (TPSA) is 30.7 Å². The van der Waals surface area contributed by atoms with Crippen LogP contribution >= 0.6 is 0 Å². The van der Waals surface area contributed by atoms with Crippen molar-refractivity contribution in [3.8, 4) is 62.0 Å². The minimum atomic E-state index is -0.0198. The molecule has 52 heavy (non-hydrogen) atoms. The van der Waals surface area contributed by atoms with Gasteiger partial charge in [0.2, 0.25) is 0 Å². The molecule has 1 aliphatic rings. The molecule has 3 nitrogen and oxygen atoms in total. The molecular weight excluding hydrogens is 631 g/mol. The number of hydrogen-bond acceptors (Lipinski definition) is 2. The van der Waals surface area contributed by atoms with Crippen LogP contribution < -0.4 is 0 Å². The highest BCUT2D eigenvalue weighted by molar-refractivity contribution is 6.08. The van der Waals surface area contributed by atoms with Gasteiger partial charge in [0.1, 0.15) is 0 Å². The quantitative estimate of drug-likeness (QED) is 0.183. The number of nitrogens with zero attached hydrogens (tertiary/aromatic N) is 3. The van der Waals surface area contributed by atoms with Gasteiger partial charge in [0.05, 0.1) is 22.6 Å². The van der Waals surface area contributed by atoms with Gasteiger partial charge in [-0.25, -0.2) is 9.97 Å². The SMILES string of the molecule is c1ccc(-c2cc(-c3ccccc3)nc(-c3cccc(C4c5ccccc5-c5c(n(-c6ccccc6)c6ccccc56)-c5ccccc54)c3)n2)cc1. The minimum Gasteiger partial charge on any atom is -0.309 e. The summed E-state index contributed by atoms with van der Waals surface area (Å²) in [5.41, 5.74) is 16.0. The van der Waals surface area contributed by atoms with Crippen molar-refractivity contribution in [1.82, 2.24) is 14.5 Å². The molecule has 0 fully saturated rings. The molecule has 0 radical (unpaired) electrons. The Bertz CT molecular complexity index is 2670. The normalized spacial score (nSPS) is 13.2. The Balaban J connectivity index is 1.21. The number of benzene rings is 7. The van der Waals surface area contributed by atoms with Crippen LogP contribution in [0.3, 0.4) is 0 Å². The Morgan fingerprint density at radius 1 is 0.423 bits per heavy atom. The highest BCUT2D eigenvalue weighted by Crippen LogP contribution is 2.52. The molecule has 0 bridgehead atoms. The molecule has 0 saturated carbocycles. The first-order valence-corrected chi connectivity index (χ1v) is 17.8. The highest BCUT2D eigenvalue weighted by atomic mass is 15.0. The zero-order valence-corrected chi connectivity index (χ0v) is 28.4. The van der Waals surface area contributed by atoms with E-state index in [0.717, 1.165) is 33.8 Å². The maximum absolute atomic E-state index is 5.18. The van der Waals surface area contributed by atoms with Crippen LogP contribution in [0.25, 0.3) is 72.9 Å². The number of aromatic nitrogens is 3. The molecule has 9 aromatic rings. The van der Waals surface area contributed by atoms with E-state index in [4.69, 9.17) is 9.97 Å². The monoisotopic (exact) mass is 663 g/mol. The second-order valence-corrected chi connectivity index (χ2v) is 13.3. The fraction of sp³-hybridized carbons (Fsp3) is 0.0204. The average Bonchev–Trinajstić information content (AvgIpc) is 3.51. The molecule has 244 valence electrons. The van der Waals surface area contributed by atoms with E-state index in [-0.39, 0.29) is 5.92 Å². The van der Waals surface area contributed by atoms with E-state index in [1.165, 1.54) is 50.0 Å². The maximum atomic E-state index is 5.18. The molecule has 1 unspecified atom stereocenters. The molecule has 0 aliphatic heterocycles. The fourth-order valence-electron chi connectivity index (χ4n) is 8.03. The van der Waals surface area contributed by atoms with E-state index in [2.05, 4.69) is 187 Å². The fourth-order valence-corrected chi connectivity index (χ4v) is 8.03. The van der Waals surface area contributed by atoms with Gasteiger partial charge < -0.3 is 4.57 Å². The van der Waals surface area contributed by atoms with Crippen LogP contribution in [0.1, 0.15) is 22.6 Å². The predicted octanol–water partition coefficient (Wildman–Crippen LogP) is 12.2. The maximum Gasteiger partial charge on any atom is 0.160 e. The van der Waals surface area contributed by atoms with Gasteiger partial charge in [0, 0.05) is 44.8 Å². The van der Waals surface area contributed by atoms with Crippen molar-refractivity contribution in [3.63, 3.8) is 0 Å². The van der Waals surface area contributed by atoms with Crippen molar-refractivity contribution in [2.24, 2.45) is 0 Å². The first kappa shape index (κ1) is 30.0. The van der Waals surface area contributed by atoms with E-state index < -0.39 is 0 Å². The Morgan fingerprint density at radius 3 is 1.65 bits per heavy atom. The van der Waals surface area contributed by atoms with Crippen LogP contribution in [0.2, 0.25) is 0 Å².